The van der Waals surface area contributed by atoms with E-state index in [1.54, 1.807) is 30.7 Å². The summed E-state index contributed by atoms with van der Waals surface area (Å²) in [7, 11) is 6.73. The van der Waals surface area contributed by atoms with Crippen molar-refractivity contribution in [2.45, 2.75) is 115 Å². The quantitative estimate of drug-likeness (QED) is 0.0243. The van der Waals surface area contributed by atoms with Gasteiger partial charge >= 0.3 is 0 Å². The van der Waals surface area contributed by atoms with Crippen LogP contribution < -0.4 is 27.5 Å². The number of ether oxygens (including phenoxy) is 5. The van der Waals surface area contributed by atoms with Crippen LogP contribution in [-0.4, -0.2) is 209 Å². The van der Waals surface area contributed by atoms with Gasteiger partial charge in [-0.15, -0.1) is 0 Å². The molecule has 2 bridgehead atoms. The number of likely N-dealkylation sites (tertiary alicyclic amines) is 2. The molecule has 2 saturated heterocycles. The molecule has 3 aliphatic heterocycles. The Balaban J connectivity index is 1.12. The van der Waals surface area contributed by atoms with Crippen molar-refractivity contribution in [3.63, 3.8) is 0 Å². The number of hydrogen-bond acceptors (Lipinski definition) is 16. The Bertz CT molecular complexity index is 1780. The largest absolute Gasteiger partial charge is 0.399 e. The average molecular weight is 977 g/mol. The first-order chi connectivity index (χ1) is 32.9. The van der Waals surface area contributed by atoms with Gasteiger partial charge < -0.3 is 60.2 Å². The zero-order valence-electron chi connectivity index (χ0n) is 42.0. The highest BCUT2D eigenvalue weighted by molar-refractivity contribution is 6.13. The number of nitrogens with two attached hydrogens (primary N) is 2. The Hall–Kier alpha value is -4.71. The smallest absolute Gasteiger partial charge is 0.253 e. The summed E-state index contributed by atoms with van der Waals surface area (Å²) in [5, 5.41) is 9.74. The maximum absolute atomic E-state index is 14.1. The molecule has 10 atom stereocenters. The SMILES string of the molecule is CCC(C)C(C(CC(=O)N1CCCC1C(OC)C(C)C(=O)N[C@@H](C)C(=O)NCCOCCOCCOCCN(N)/C=C(\N)CN1C(=O)C=CC1=O)OC)N(C)C(=O)CNC(=O)C1C2CCC(C2)N1C. The molecule has 69 heavy (non-hydrogen) atoms. The van der Waals surface area contributed by atoms with Gasteiger partial charge in [-0.2, -0.15) is 0 Å². The van der Waals surface area contributed by atoms with Gasteiger partial charge in [-0.25, -0.2) is 5.84 Å². The molecule has 7 amide bonds. The van der Waals surface area contributed by atoms with Gasteiger partial charge in [0.1, 0.15) is 6.04 Å². The summed E-state index contributed by atoms with van der Waals surface area (Å²) in [4.78, 5) is 97.2. The van der Waals surface area contributed by atoms with Crippen LogP contribution in [0.5, 0.6) is 0 Å². The number of carbonyl (C=O) groups is 7. The van der Waals surface area contributed by atoms with Gasteiger partial charge in [0, 0.05) is 64.4 Å². The van der Waals surface area contributed by atoms with Crippen molar-refractivity contribution in [2.24, 2.45) is 29.3 Å². The van der Waals surface area contributed by atoms with E-state index >= 15 is 0 Å². The lowest BCUT2D eigenvalue weighted by atomic mass is 9.90. The predicted octanol–water partition coefficient (Wildman–Crippen LogP) is -0.923. The maximum Gasteiger partial charge on any atom is 0.253 e. The van der Waals surface area contributed by atoms with Crippen LogP contribution in [0.2, 0.25) is 0 Å². The number of piperidine rings is 1. The lowest BCUT2D eigenvalue weighted by molar-refractivity contribution is -0.146. The van der Waals surface area contributed by atoms with E-state index in [-0.39, 0.29) is 80.6 Å². The minimum Gasteiger partial charge on any atom is -0.399 e. The minimum atomic E-state index is -0.849. The monoisotopic (exact) mass is 977 g/mol. The van der Waals surface area contributed by atoms with E-state index in [0.29, 0.717) is 64.3 Å². The first-order valence-corrected chi connectivity index (χ1v) is 24.4. The van der Waals surface area contributed by atoms with E-state index in [1.807, 2.05) is 20.9 Å². The summed E-state index contributed by atoms with van der Waals surface area (Å²) >= 11 is 0. The highest BCUT2D eigenvalue weighted by Gasteiger charge is 2.47. The van der Waals surface area contributed by atoms with Crippen LogP contribution in [0.4, 0.5) is 0 Å². The van der Waals surface area contributed by atoms with Crippen molar-refractivity contribution in [1.29, 1.82) is 0 Å². The first kappa shape index (κ1) is 56.9. The molecule has 1 saturated carbocycles. The second kappa shape index (κ2) is 28.2. The number of fused-ring (bicyclic) bond motifs is 2. The molecule has 0 spiro atoms. The van der Waals surface area contributed by atoms with Gasteiger partial charge in [0.05, 0.1) is 102 Å². The summed E-state index contributed by atoms with van der Waals surface area (Å²) in [6.45, 7) is 9.91. The fraction of sp³-hybridized carbons (Fsp3) is 0.766. The Labute approximate surface area is 407 Å². The standard InChI is InChI=1S/C47H80N10O12/c1-9-30(2)42(54(6)41(61)27-51-47(64)43-33-12-13-35(25-33)53(43)5)37(65-7)26-40(60)56-17-10-11-36(56)44(66-8)31(3)45(62)52-32(4)46(63)50-16-19-67-21-23-69-24-22-68-20-18-55(49)28-34(48)29-57-38(58)14-15-39(57)59/h14-15,28,30-33,35-37,42-44H,9-13,16-27,29,48-49H2,1-8H3,(H,50,63)(H,51,64)(H,52,62)/b34-28-/t30?,31?,32-,33?,35?,36?,37?,42?,43?,44?/m0/s1. The molecule has 0 aromatic carbocycles. The molecule has 3 heterocycles. The van der Waals surface area contributed by atoms with Gasteiger partial charge in [0.2, 0.25) is 29.5 Å². The number of rotatable bonds is 31. The van der Waals surface area contributed by atoms with Crippen LogP contribution in [0.15, 0.2) is 24.0 Å². The molecule has 3 fully saturated rings. The number of likely N-dealkylation sites (N-methyl/N-ethyl adjacent to an activating group) is 2. The van der Waals surface area contributed by atoms with Crippen molar-refractivity contribution < 1.29 is 57.2 Å². The number of imide groups is 1. The molecular weight excluding hydrogens is 897 g/mol. The van der Waals surface area contributed by atoms with Crippen molar-refractivity contribution in [3.8, 4) is 0 Å². The number of methoxy groups -OCH3 is 2. The maximum atomic E-state index is 14.1. The van der Waals surface area contributed by atoms with Crippen molar-refractivity contribution in [3.05, 3.63) is 24.0 Å². The van der Waals surface area contributed by atoms with Crippen LogP contribution in [0.25, 0.3) is 0 Å². The van der Waals surface area contributed by atoms with Gasteiger partial charge in [-0.05, 0) is 57.9 Å². The zero-order valence-corrected chi connectivity index (χ0v) is 42.0. The van der Waals surface area contributed by atoms with E-state index < -0.39 is 54.0 Å². The third kappa shape index (κ3) is 16.2. The third-order valence-corrected chi connectivity index (χ3v) is 14.0. The van der Waals surface area contributed by atoms with E-state index in [1.165, 1.54) is 37.6 Å². The summed E-state index contributed by atoms with van der Waals surface area (Å²) in [6, 6.07) is -1.49. The van der Waals surface area contributed by atoms with Crippen molar-refractivity contribution in [2.75, 3.05) is 101 Å². The molecule has 7 N–H and O–H groups in total. The zero-order chi connectivity index (χ0) is 50.8. The van der Waals surface area contributed by atoms with Crippen molar-refractivity contribution >= 4 is 41.4 Å². The predicted molar refractivity (Wildman–Crippen MR) is 254 cm³/mol. The molecule has 1 aliphatic carbocycles. The first-order valence-electron chi connectivity index (χ1n) is 24.4. The number of hydrazine groups is 1. The lowest BCUT2D eigenvalue weighted by Gasteiger charge is -2.39. The molecule has 0 aromatic rings. The lowest BCUT2D eigenvalue weighted by Crippen LogP contribution is -2.55. The number of nitrogens with one attached hydrogen (secondary N) is 3. The summed E-state index contributed by atoms with van der Waals surface area (Å²) in [6.07, 6.45) is 7.74. The minimum absolute atomic E-state index is 0.00410. The fourth-order valence-corrected chi connectivity index (χ4v) is 9.93. The van der Waals surface area contributed by atoms with E-state index in [0.717, 1.165) is 30.6 Å². The average Bonchev–Trinajstić information content (AvgIpc) is 4.14. The highest BCUT2D eigenvalue weighted by atomic mass is 16.5. The van der Waals surface area contributed by atoms with Gasteiger partial charge in [0.15, 0.2) is 0 Å². The van der Waals surface area contributed by atoms with Crippen LogP contribution >= 0.6 is 0 Å². The van der Waals surface area contributed by atoms with E-state index in [9.17, 15) is 33.6 Å². The molecule has 0 radical (unpaired) electrons. The second-order valence-electron chi connectivity index (χ2n) is 18.6. The van der Waals surface area contributed by atoms with Crippen LogP contribution in [-0.2, 0) is 57.2 Å². The number of carbonyl (C=O) groups excluding carboxylic acids is 7. The highest BCUT2D eigenvalue weighted by Crippen LogP contribution is 2.41. The van der Waals surface area contributed by atoms with E-state index in [2.05, 4.69) is 20.9 Å². The van der Waals surface area contributed by atoms with Gasteiger partial charge in [-0.3, -0.25) is 43.4 Å². The topological polar surface area (TPSA) is 270 Å². The van der Waals surface area contributed by atoms with Gasteiger partial charge in [0.25, 0.3) is 11.8 Å². The Morgan fingerprint density at radius 2 is 1.55 bits per heavy atom. The molecule has 0 aromatic heterocycles. The summed E-state index contributed by atoms with van der Waals surface area (Å²) in [5.74, 6) is 3.29. The van der Waals surface area contributed by atoms with Crippen LogP contribution in [0.1, 0.15) is 72.6 Å². The third-order valence-electron chi connectivity index (χ3n) is 14.0. The molecule has 4 rings (SSSR count). The summed E-state index contributed by atoms with van der Waals surface area (Å²) in [5.41, 5.74) is 6.14. The molecule has 22 heteroatoms. The summed E-state index contributed by atoms with van der Waals surface area (Å²) < 4.78 is 28.4. The number of nitrogens with zero attached hydrogens (tertiary/aromatic N) is 5. The molecule has 9 unspecified atom stereocenters. The Morgan fingerprint density at radius 1 is 0.899 bits per heavy atom. The fourth-order valence-electron chi connectivity index (χ4n) is 9.93. The van der Waals surface area contributed by atoms with E-state index in [4.69, 9.17) is 35.3 Å². The van der Waals surface area contributed by atoms with Crippen LogP contribution in [0, 0.1) is 17.8 Å². The van der Waals surface area contributed by atoms with Crippen molar-refractivity contribution in [1.82, 2.24) is 40.6 Å². The Morgan fingerprint density at radius 3 is 2.16 bits per heavy atom. The number of amides is 7. The number of hydrogen-bond donors (Lipinski definition) is 5. The van der Waals surface area contributed by atoms with Gasteiger partial charge in [-0.1, -0.05) is 27.2 Å². The normalized spacial score (nSPS) is 22.9. The molecule has 22 nitrogen and oxygen atoms in total. The molecule has 390 valence electrons. The van der Waals surface area contributed by atoms with Crippen LogP contribution in [0.3, 0.4) is 0 Å². The second-order valence-corrected chi connectivity index (χ2v) is 18.6. The Kier molecular flexibility index (Phi) is 23.3. The molecule has 4 aliphatic rings. The molecular formula is C47H80N10O12.